The number of pyridine rings is 1. The molecule has 0 spiro atoms. The van der Waals surface area contributed by atoms with Gasteiger partial charge in [-0.3, -0.25) is 0 Å². The van der Waals surface area contributed by atoms with Gasteiger partial charge in [0.2, 0.25) is 0 Å². The number of carboxylic acid groups (broad SMARTS) is 1. The van der Waals surface area contributed by atoms with Gasteiger partial charge >= 0.3 is 6.16 Å². The van der Waals surface area contributed by atoms with Crippen LogP contribution in [0.15, 0.2) is 60.7 Å². The molecule has 4 nitrogen and oxygen atoms in total. The van der Waals surface area contributed by atoms with E-state index in [2.05, 4.69) is 4.98 Å². The average molecular weight is 326 g/mol. The molecule has 1 heterocycles. The van der Waals surface area contributed by atoms with Crippen molar-refractivity contribution in [1.82, 2.24) is 4.98 Å². The lowest BCUT2D eigenvalue weighted by atomic mass is 10.0. The number of ether oxygens (including phenoxy) is 1. The number of rotatable bonds is 1. The molecule has 0 fully saturated rings. The second kappa shape index (κ2) is 5.74. The SMILES string of the molecule is Cl.O=C(O)Oc1c2ccccc2nc2cc3ccccc3cc12. The highest BCUT2D eigenvalue weighted by Gasteiger charge is 2.14. The van der Waals surface area contributed by atoms with Crippen LogP contribution in [0.5, 0.6) is 5.75 Å². The molecule has 0 aliphatic carbocycles. The summed E-state index contributed by atoms with van der Waals surface area (Å²) < 4.78 is 5.07. The summed E-state index contributed by atoms with van der Waals surface area (Å²) in [5, 5.41) is 12.5. The van der Waals surface area contributed by atoms with Gasteiger partial charge in [0.1, 0.15) is 0 Å². The molecule has 23 heavy (non-hydrogen) atoms. The van der Waals surface area contributed by atoms with Crippen LogP contribution in [0.2, 0.25) is 0 Å². The molecular weight excluding hydrogens is 314 g/mol. The number of para-hydroxylation sites is 1. The molecule has 0 aliphatic rings. The molecule has 0 aliphatic heterocycles. The van der Waals surface area contributed by atoms with E-state index in [-0.39, 0.29) is 12.4 Å². The van der Waals surface area contributed by atoms with E-state index < -0.39 is 6.16 Å². The summed E-state index contributed by atoms with van der Waals surface area (Å²) >= 11 is 0. The Labute approximate surface area is 137 Å². The van der Waals surface area contributed by atoms with Gasteiger partial charge in [0.25, 0.3) is 0 Å². The zero-order valence-electron chi connectivity index (χ0n) is 11.9. The number of fused-ring (bicyclic) bond motifs is 3. The van der Waals surface area contributed by atoms with Crippen LogP contribution in [0.4, 0.5) is 4.79 Å². The van der Waals surface area contributed by atoms with E-state index in [4.69, 9.17) is 9.84 Å². The van der Waals surface area contributed by atoms with Crippen LogP contribution in [0.25, 0.3) is 32.6 Å². The van der Waals surface area contributed by atoms with Crippen molar-refractivity contribution < 1.29 is 14.6 Å². The number of aromatic nitrogens is 1. The Kier molecular flexibility index (Phi) is 3.76. The van der Waals surface area contributed by atoms with Crippen LogP contribution >= 0.6 is 12.4 Å². The molecule has 0 saturated heterocycles. The third-order valence-corrected chi connectivity index (χ3v) is 3.69. The normalized spacial score (nSPS) is 10.6. The first-order valence-corrected chi connectivity index (χ1v) is 6.84. The first-order chi connectivity index (χ1) is 10.7. The molecule has 1 aromatic heterocycles. The molecule has 5 heteroatoms. The van der Waals surface area contributed by atoms with Crippen molar-refractivity contribution in [2.45, 2.75) is 0 Å². The molecule has 0 radical (unpaired) electrons. The van der Waals surface area contributed by atoms with E-state index in [1.165, 1.54) is 0 Å². The number of halogens is 1. The molecule has 4 aromatic rings. The minimum Gasteiger partial charge on any atom is -0.449 e. The fraction of sp³-hybridized carbons (Fsp3) is 0. The molecule has 0 atom stereocenters. The lowest BCUT2D eigenvalue weighted by Crippen LogP contribution is -2.04. The van der Waals surface area contributed by atoms with Crippen molar-refractivity contribution in [3.63, 3.8) is 0 Å². The maximum absolute atomic E-state index is 11.1. The summed E-state index contributed by atoms with van der Waals surface area (Å²) in [6.45, 7) is 0. The Morgan fingerprint density at radius 1 is 0.870 bits per heavy atom. The van der Waals surface area contributed by atoms with Crippen molar-refractivity contribution >= 4 is 51.1 Å². The van der Waals surface area contributed by atoms with E-state index in [1.807, 2.05) is 60.7 Å². The molecule has 0 unspecified atom stereocenters. The summed E-state index contributed by atoms with van der Waals surface area (Å²) in [6.07, 6.45) is -1.33. The van der Waals surface area contributed by atoms with Crippen molar-refractivity contribution in [3.05, 3.63) is 60.7 Å². The Hall–Kier alpha value is -2.85. The first kappa shape index (κ1) is 15.1. The summed E-state index contributed by atoms with van der Waals surface area (Å²) in [6, 6.07) is 19.1. The third kappa shape index (κ3) is 2.53. The summed E-state index contributed by atoms with van der Waals surface area (Å²) in [5.41, 5.74) is 1.43. The van der Waals surface area contributed by atoms with Gasteiger partial charge in [-0.2, -0.15) is 0 Å². The van der Waals surface area contributed by atoms with Crippen LogP contribution in [-0.4, -0.2) is 16.2 Å². The number of carbonyl (C=O) groups is 1. The van der Waals surface area contributed by atoms with Gasteiger partial charge in [-0.1, -0.05) is 36.4 Å². The Balaban J connectivity index is 0.00000156. The van der Waals surface area contributed by atoms with Crippen LogP contribution in [0, 0.1) is 0 Å². The maximum atomic E-state index is 11.1. The standard InChI is InChI=1S/C18H11NO3.ClH/c20-18(21)22-17-13-7-3-4-8-15(13)19-16-10-12-6-2-1-5-11(12)9-14(16)17;/h1-10H,(H,20,21);1H. The third-order valence-electron chi connectivity index (χ3n) is 3.69. The second-order valence-corrected chi connectivity index (χ2v) is 5.04. The molecule has 4 rings (SSSR count). The molecule has 1 N–H and O–H groups in total. The predicted octanol–water partition coefficient (Wildman–Crippen LogP) is 5.02. The van der Waals surface area contributed by atoms with Crippen LogP contribution in [0.3, 0.4) is 0 Å². The first-order valence-electron chi connectivity index (χ1n) is 6.84. The Bertz CT molecular complexity index is 1040. The van der Waals surface area contributed by atoms with E-state index in [1.54, 1.807) is 0 Å². The van der Waals surface area contributed by atoms with Crippen LogP contribution in [-0.2, 0) is 0 Å². The molecule has 0 saturated carbocycles. The topological polar surface area (TPSA) is 59.4 Å². The molecule has 0 amide bonds. The van der Waals surface area contributed by atoms with Crippen molar-refractivity contribution in [2.24, 2.45) is 0 Å². The molecule has 114 valence electrons. The van der Waals surface area contributed by atoms with Gasteiger partial charge in [0, 0.05) is 10.8 Å². The van der Waals surface area contributed by atoms with E-state index in [0.717, 1.165) is 10.8 Å². The van der Waals surface area contributed by atoms with E-state index in [9.17, 15) is 4.79 Å². The largest absolute Gasteiger partial charge is 0.511 e. The van der Waals surface area contributed by atoms with E-state index >= 15 is 0 Å². The van der Waals surface area contributed by atoms with Crippen molar-refractivity contribution in [1.29, 1.82) is 0 Å². The summed E-state index contributed by atoms with van der Waals surface area (Å²) in [5.74, 6) is 0.332. The molecular formula is C18H12ClNO3. The smallest absolute Gasteiger partial charge is 0.449 e. The van der Waals surface area contributed by atoms with Crippen LogP contribution < -0.4 is 4.74 Å². The highest BCUT2D eigenvalue weighted by atomic mass is 35.5. The minimum atomic E-state index is -1.33. The fourth-order valence-electron chi connectivity index (χ4n) is 2.74. The average Bonchev–Trinajstić information content (AvgIpc) is 2.52. The number of hydrogen-bond donors (Lipinski definition) is 1. The van der Waals surface area contributed by atoms with E-state index in [0.29, 0.717) is 27.6 Å². The zero-order valence-corrected chi connectivity index (χ0v) is 12.7. The van der Waals surface area contributed by atoms with Gasteiger partial charge in [-0.25, -0.2) is 9.78 Å². The lowest BCUT2D eigenvalue weighted by molar-refractivity contribution is 0.145. The Morgan fingerprint density at radius 2 is 1.52 bits per heavy atom. The fourth-order valence-corrected chi connectivity index (χ4v) is 2.74. The molecule has 0 bridgehead atoms. The van der Waals surface area contributed by atoms with Crippen molar-refractivity contribution in [3.8, 4) is 5.75 Å². The zero-order chi connectivity index (χ0) is 15.1. The predicted molar refractivity (Wildman–Crippen MR) is 92.7 cm³/mol. The van der Waals surface area contributed by atoms with Crippen LogP contribution in [0.1, 0.15) is 0 Å². The van der Waals surface area contributed by atoms with Crippen molar-refractivity contribution in [2.75, 3.05) is 0 Å². The highest BCUT2D eigenvalue weighted by molar-refractivity contribution is 6.07. The summed E-state index contributed by atoms with van der Waals surface area (Å²) in [7, 11) is 0. The monoisotopic (exact) mass is 325 g/mol. The quantitative estimate of drug-likeness (QED) is 0.394. The minimum absolute atomic E-state index is 0. The maximum Gasteiger partial charge on any atom is 0.511 e. The lowest BCUT2D eigenvalue weighted by Gasteiger charge is -2.10. The Morgan fingerprint density at radius 3 is 2.26 bits per heavy atom. The number of hydrogen-bond acceptors (Lipinski definition) is 3. The van der Waals surface area contributed by atoms with Gasteiger partial charge in [0.15, 0.2) is 5.75 Å². The van der Waals surface area contributed by atoms with Gasteiger partial charge in [-0.15, -0.1) is 12.4 Å². The van der Waals surface area contributed by atoms with Gasteiger partial charge < -0.3 is 9.84 Å². The summed E-state index contributed by atoms with van der Waals surface area (Å²) in [4.78, 5) is 15.7. The van der Waals surface area contributed by atoms with Gasteiger partial charge in [-0.05, 0) is 35.0 Å². The highest BCUT2D eigenvalue weighted by Crippen LogP contribution is 2.35. The number of benzene rings is 3. The second-order valence-electron chi connectivity index (χ2n) is 5.04. The van der Waals surface area contributed by atoms with Gasteiger partial charge in [0.05, 0.1) is 11.0 Å². The number of nitrogens with zero attached hydrogens (tertiary/aromatic N) is 1. The molecule has 3 aromatic carbocycles.